The molecule has 1 amide bonds. The van der Waals surface area contributed by atoms with E-state index in [2.05, 4.69) is 9.88 Å². The minimum absolute atomic E-state index is 0.0909. The maximum absolute atomic E-state index is 13.7. The molecule has 3 heterocycles. The van der Waals surface area contributed by atoms with Gasteiger partial charge in [0.15, 0.2) is 0 Å². The molecule has 0 radical (unpaired) electrons. The number of amides is 1. The van der Waals surface area contributed by atoms with Gasteiger partial charge < -0.3 is 9.80 Å². The Kier molecular flexibility index (Phi) is 8.60. The van der Waals surface area contributed by atoms with Crippen molar-refractivity contribution in [1.29, 1.82) is 0 Å². The number of nitrogens with zero attached hydrogens (tertiary/aromatic N) is 4. The molecule has 3 aliphatic rings. The number of anilines is 1. The van der Waals surface area contributed by atoms with E-state index < -0.39 is 42.7 Å². The van der Waals surface area contributed by atoms with Crippen LogP contribution in [-0.2, 0) is 22.6 Å². The largest absolute Gasteiger partial charge is 0.416 e. The monoisotopic (exact) mass is 680 g/mol. The number of carbonyl (C=O) groups excluding carboxylic acids is 1. The highest BCUT2D eigenvalue weighted by atomic mass is 35.5. The molecular formula is C32H33Cl2F3N4O3S. The Hall–Kier alpha value is -2.86. The van der Waals surface area contributed by atoms with Gasteiger partial charge in [-0.15, -0.1) is 0 Å². The number of pyridine rings is 1. The van der Waals surface area contributed by atoms with E-state index in [-0.39, 0.29) is 11.3 Å². The molecule has 1 unspecified atom stereocenters. The van der Waals surface area contributed by atoms with Crippen molar-refractivity contribution in [2.24, 2.45) is 5.41 Å². The average Bonchev–Trinajstić information content (AvgIpc) is 3.44. The summed E-state index contributed by atoms with van der Waals surface area (Å²) in [6.07, 6.45) is 3.95. The summed E-state index contributed by atoms with van der Waals surface area (Å²) in [5.74, 6) is -0.0909. The van der Waals surface area contributed by atoms with Gasteiger partial charge in [0, 0.05) is 56.9 Å². The molecule has 45 heavy (non-hydrogen) atoms. The van der Waals surface area contributed by atoms with Crippen LogP contribution in [0.15, 0.2) is 59.8 Å². The topological polar surface area (TPSA) is 73.8 Å². The third kappa shape index (κ3) is 6.16. The van der Waals surface area contributed by atoms with E-state index in [1.165, 1.54) is 12.7 Å². The van der Waals surface area contributed by atoms with E-state index in [1.807, 2.05) is 35.5 Å². The molecule has 0 bridgehead atoms. The summed E-state index contributed by atoms with van der Waals surface area (Å²) < 4.78 is 68.1. The molecule has 13 heteroatoms. The lowest BCUT2D eigenvalue weighted by atomic mass is 9.71. The highest BCUT2D eigenvalue weighted by Crippen LogP contribution is 2.44. The van der Waals surface area contributed by atoms with E-state index in [1.54, 1.807) is 12.1 Å². The minimum atomic E-state index is -4.73. The Labute approximate surface area is 271 Å². The zero-order chi connectivity index (χ0) is 32.1. The zero-order valence-electron chi connectivity index (χ0n) is 24.7. The molecule has 6 rings (SSSR count). The predicted molar refractivity (Wildman–Crippen MR) is 167 cm³/mol. The van der Waals surface area contributed by atoms with E-state index in [0.717, 1.165) is 48.6 Å². The molecule has 2 aromatic carbocycles. The third-order valence-corrected chi connectivity index (χ3v) is 12.6. The molecule has 1 spiro atoms. The number of hydrogen-bond acceptors (Lipinski definition) is 5. The Balaban J connectivity index is 1.15. The highest BCUT2D eigenvalue weighted by Gasteiger charge is 2.41. The molecule has 1 atom stereocenters. The number of rotatable bonds is 5. The van der Waals surface area contributed by atoms with Crippen LogP contribution >= 0.6 is 23.2 Å². The third-order valence-electron chi connectivity index (χ3n) is 9.80. The van der Waals surface area contributed by atoms with Crippen molar-refractivity contribution in [2.75, 3.05) is 38.1 Å². The number of benzene rings is 2. The fraction of sp³-hybridized carbons (Fsp3) is 0.438. The summed E-state index contributed by atoms with van der Waals surface area (Å²) in [5.41, 5.74) is 2.38. The van der Waals surface area contributed by atoms with Crippen molar-refractivity contribution in [3.05, 3.63) is 87.2 Å². The number of sulfonamides is 1. The lowest BCUT2D eigenvalue weighted by Crippen LogP contribution is -2.48. The number of likely N-dealkylation sites (tertiary alicyclic amines) is 1. The lowest BCUT2D eigenvalue weighted by Gasteiger charge is -2.47. The van der Waals surface area contributed by atoms with Gasteiger partial charge in [-0.25, -0.2) is 8.42 Å². The maximum Gasteiger partial charge on any atom is 0.416 e. The first kappa shape index (κ1) is 32.1. The van der Waals surface area contributed by atoms with Crippen LogP contribution in [0.3, 0.4) is 0 Å². The van der Waals surface area contributed by atoms with Crippen LogP contribution in [0.5, 0.6) is 0 Å². The summed E-state index contributed by atoms with van der Waals surface area (Å²) in [6.45, 7) is 3.27. The molecular weight excluding hydrogens is 648 g/mol. The van der Waals surface area contributed by atoms with E-state index >= 15 is 0 Å². The summed E-state index contributed by atoms with van der Waals surface area (Å²) in [6, 6.07) is 9.98. The first-order valence-electron chi connectivity index (χ1n) is 14.9. The van der Waals surface area contributed by atoms with Gasteiger partial charge in [-0.1, -0.05) is 29.3 Å². The summed E-state index contributed by atoms with van der Waals surface area (Å²) in [7, 11) is -3.02. The normalized spacial score (nSPS) is 20.1. The number of piperidine rings is 2. The van der Waals surface area contributed by atoms with E-state index in [4.69, 9.17) is 23.2 Å². The molecule has 7 nitrogen and oxygen atoms in total. The quantitative estimate of drug-likeness (QED) is 0.284. The SMILES string of the molecule is CN(C1CCc2ccc(C(=O)N3CCC4(CC3)CCN(c3ccncc3)CC4)cc21)S(=O)(=O)c1c(Cl)cc(C(F)(F)F)cc1Cl. The lowest BCUT2D eigenvalue weighted by molar-refractivity contribution is -0.137. The number of halogens is 5. The summed E-state index contributed by atoms with van der Waals surface area (Å²) in [4.78, 5) is 21.5. The summed E-state index contributed by atoms with van der Waals surface area (Å²) >= 11 is 12.1. The molecule has 2 saturated heterocycles. The van der Waals surface area contributed by atoms with Gasteiger partial charge in [0.05, 0.1) is 21.7 Å². The Morgan fingerprint density at radius 2 is 1.56 bits per heavy atom. The fourth-order valence-corrected chi connectivity index (χ4v) is 9.56. The Bertz CT molecular complexity index is 1680. The van der Waals surface area contributed by atoms with Crippen LogP contribution in [0.25, 0.3) is 0 Å². The van der Waals surface area contributed by atoms with E-state index in [9.17, 15) is 26.4 Å². The second-order valence-corrected chi connectivity index (χ2v) is 15.0. The standard InChI is InChI=1S/C32H33Cl2F3N4O3S/c1-39(45(43,44)29-26(33)19-23(20-27(29)34)32(35,36)37)28-5-4-21-2-3-22(18-25(21)28)30(42)41-16-10-31(11-17-41)8-14-40(15-9-31)24-6-12-38-13-7-24/h2-3,6-7,12-13,18-20,28H,4-5,8-11,14-17H2,1H3. The van der Waals surface area contributed by atoms with Crippen LogP contribution in [0, 0.1) is 5.41 Å². The molecule has 1 aliphatic carbocycles. The van der Waals surface area contributed by atoms with E-state index in [0.29, 0.717) is 49.2 Å². The molecule has 1 aromatic heterocycles. The van der Waals surface area contributed by atoms with Crippen molar-refractivity contribution in [3.63, 3.8) is 0 Å². The second-order valence-electron chi connectivity index (χ2n) is 12.2. The number of aryl methyl sites for hydroxylation is 1. The van der Waals surface area contributed by atoms with Crippen molar-refractivity contribution >= 4 is 44.8 Å². The molecule has 3 aromatic rings. The van der Waals surface area contributed by atoms with Gasteiger partial charge >= 0.3 is 6.18 Å². The highest BCUT2D eigenvalue weighted by molar-refractivity contribution is 7.89. The van der Waals surface area contributed by atoms with Gasteiger partial charge in [-0.2, -0.15) is 17.5 Å². The number of fused-ring (bicyclic) bond motifs is 1. The van der Waals surface area contributed by atoms with Gasteiger partial charge in [0.2, 0.25) is 10.0 Å². The summed E-state index contributed by atoms with van der Waals surface area (Å²) in [5, 5.41) is -1.20. The number of hydrogen-bond donors (Lipinski definition) is 0. The number of aromatic nitrogens is 1. The molecule has 0 N–H and O–H groups in total. The van der Waals surface area contributed by atoms with Gasteiger partial charge in [0.25, 0.3) is 5.91 Å². The molecule has 2 fully saturated rings. The second kappa shape index (κ2) is 12.1. The van der Waals surface area contributed by atoms with Crippen molar-refractivity contribution in [2.45, 2.75) is 55.6 Å². The van der Waals surface area contributed by atoms with Crippen molar-refractivity contribution in [3.8, 4) is 0 Å². The van der Waals surface area contributed by atoms with Crippen LogP contribution in [0.2, 0.25) is 10.0 Å². The Morgan fingerprint density at radius 3 is 2.16 bits per heavy atom. The van der Waals surface area contributed by atoms with Crippen LogP contribution in [0.1, 0.15) is 65.2 Å². The Morgan fingerprint density at radius 1 is 0.956 bits per heavy atom. The molecule has 0 saturated carbocycles. The first-order valence-corrected chi connectivity index (χ1v) is 17.1. The number of carbonyl (C=O) groups is 1. The van der Waals surface area contributed by atoms with Crippen LogP contribution in [-0.4, -0.2) is 61.7 Å². The zero-order valence-corrected chi connectivity index (χ0v) is 27.0. The maximum atomic E-state index is 13.7. The molecule has 2 aliphatic heterocycles. The van der Waals surface area contributed by atoms with Crippen molar-refractivity contribution < 1.29 is 26.4 Å². The number of alkyl halides is 3. The van der Waals surface area contributed by atoms with Gasteiger partial charge in [0.1, 0.15) is 4.90 Å². The van der Waals surface area contributed by atoms with Crippen LogP contribution < -0.4 is 4.90 Å². The molecule has 240 valence electrons. The van der Waals surface area contributed by atoms with Gasteiger partial charge in [-0.3, -0.25) is 9.78 Å². The van der Waals surface area contributed by atoms with Crippen molar-refractivity contribution in [1.82, 2.24) is 14.2 Å². The smallest absolute Gasteiger partial charge is 0.371 e. The fourth-order valence-electron chi connectivity index (χ4n) is 7.03. The average molecular weight is 682 g/mol. The van der Waals surface area contributed by atoms with Gasteiger partial charge in [-0.05, 0) is 91.5 Å². The van der Waals surface area contributed by atoms with Crippen LogP contribution in [0.4, 0.5) is 18.9 Å². The first-order chi connectivity index (χ1) is 21.3. The predicted octanol–water partition coefficient (Wildman–Crippen LogP) is 7.24. The minimum Gasteiger partial charge on any atom is -0.371 e.